The number of Topliss-reactive ketones (excluding diaryl/α,β-unsaturated/α-hetero) is 1. The summed E-state index contributed by atoms with van der Waals surface area (Å²) in [5.74, 6) is 0.299. The van der Waals surface area contributed by atoms with Crippen molar-refractivity contribution in [2.45, 2.75) is 38.5 Å². The molecular formula is C12H13NO. The van der Waals surface area contributed by atoms with Gasteiger partial charge in [0.1, 0.15) is 0 Å². The Balaban J connectivity index is 2.17. The summed E-state index contributed by atoms with van der Waals surface area (Å²) in [6.07, 6.45) is 6.12. The third-order valence-corrected chi connectivity index (χ3v) is 3.25. The molecule has 0 N–H and O–H groups in total. The molecule has 2 nitrogen and oxygen atoms in total. The van der Waals surface area contributed by atoms with Crippen molar-refractivity contribution in [1.82, 2.24) is 4.98 Å². The van der Waals surface area contributed by atoms with Crippen molar-refractivity contribution in [3.63, 3.8) is 0 Å². The van der Waals surface area contributed by atoms with Crippen LogP contribution in [0, 0.1) is 0 Å². The van der Waals surface area contributed by atoms with E-state index in [0.29, 0.717) is 12.2 Å². The molecule has 0 saturated heterocycles. The zero-order valence-corrected chi connectivity index (χ0v) is 8.18. The van der Waals surface area contributed by atoms with Gasteiger partial charge in [-0.15, -0.1) is 0 Å². The summed E-state index contributed by atoms with van der Waals surface area (Å²) in [6.45, 7) is 0. The van der Waals surface area contributed by atoms with Crippen LogP contribution in [0.5, 0.6) is 0 Å². The van der Waals surface area contributed by atoms with Crippen molar-refractivity contribution < 1.29 is 4.79 Å². The first-order chi connectivity index (χ1) is 6.84. The molecule has 0 bridgehead atoms. The first-order valence-corrected chi connectivity index (χ1v) is 5.39. The molecule has 2 aliphatic rings. The molecule has 0 amide bonds. The van der Waals surface area contributed by atoms with Gasteiger partial charge in [0.15, 0.2) is 5.78 Å². The maximum Gasteiger partial charge on any atom is 0.164 e. The van der Waals surface area contributed by atoms with Crippen molar-refractivity contribution in [2.75, 3.05) is 0 Å². The van der Waals surface area contributed by atoms with E-state index in [9.17, 15) is 4.79 Å². The lowest BCUT2D eigenvalue weighted by Gasteiger charge is -2.15. The third-order valence-electron chi connectivity index (χ3n) is 3.25. The Bertz CT molecular complexity index is 409. The van der Waals surface area contributed by atoms with Crippen LogP contribution < -0.4 is 0 Å². The highest BCUT2D eigenvalue weighted by Crippen LogP contribution is 2.26. The highest BCUT2D eigenvalue weighted by molar-refractivity contribution is 5.98. The van der Waals surface area contributed by atoms with E-state index in [2.05, 4.69) is 11.1 Å². The topological polar surface area (TPSA) is 30.0 Å². The van der Waals surface area contributed by atoms with Crippen molar-refractivity contribution in [3.8, 4) is 0 Å². The number of aromatic nitrogens is 1. The number of hydrogen-bond acceptors (Lipinski definition) is 2. The summed E-state index contributed by atoms with van der Waals surface area (Å²) in [7, 11) is 0. The first kappa shape index (κ1) is 8.16. The highest BCUT2D eigenvalue weighted by Gasteiger charge is 2.22. The molecule has 14 heavy (non-hydrogen) atoms. The number of carbonyl (C=O) groups excluding carboxylic acids is 1. The maximum absolute atomic E-state index is 11.6. The van der Waals surface area contributed by atoms with Crippen LogP contribution in [0.3, 0.4) is 0 Å². The molecule has 2 aliphatic carbocycles. The van der Waals surface area contributed by atoms with Gasteiger partial charge in [-0.25, -0.2) is 0 Å². The van der Waals surface area contributed by atoms with Gasteiger partial charge in [0, 0.05) is 17.7 Å². The standard InChI is InChI=1S/C12H13NO/c14-12-6-2-5-11-9(12)7-8-3-1-4-10(8)13-11/h7H,1-6H2. The molecule has 0 aromatic carbocycles. The fraction of sp³-hybridized carbons (Fsp3) is 0.500. The lowest BCUT2D eigenvalue weighted by molar-refractivity contribution is 0.0971. The fourth-order valence-corrected chi connectivity index (χ4v) is 2.50. The second kappa shape index (κ2) is 2.91. The molecule has 0 spiro atoms. The van der Waals surface area contributed by atoms with E-state index >= 15 is 0 Å². The molecule has 2 heteroatoms. The Labute approximate surface area is 83.4 Å². The second-order valence-corrected chi connectivity index (χ2v) is 4.22. The Morgan fingerprint density at radius 3 is 2.71 bits per heavy atom. The highest BCUT2D eigenvalue weighted by atomic mass is 16.1. The Kier molecular flexibility index (Phi) is 1.69. The predicted molar refractivity (Wildman–Crippen MR) is 53.5 cm³/mol. The summed E-state index contributed by atoms with van der Waals surface area (Å²) in [6, 6.07) is 2.10. The van der Waals surface area contributed by atoms with E-state index in [1.54, 1.807) is 0 Å². The summed E-state index contributed by atoms with van der Waals surface area (Å²) in [5.41, 5.74) is 4.54. The van der Waals surface area contributed by atoms with Crippen LogP contribution in [0.1, 0.15) is 46.6 Å². The van der Waals surface area contributed by atoms with E-state index in [4.69, 9.17) is 0 Å². The Hall–Kier alpha value is -1.18. The van der Waals surface area contributed by atoms with E-state index in [-0.39, 0.29) is 0 Å². The molecule has 0 saturated carbocycles. The monoisotopic (exact) mass is 187 g/mol. The van der Waals surface area contributed by atoms with Crippen LogP contribution in [0.15, 0.2) is 6.07 Å². The molecule has 0 atom stereocenters. The van der Waals surface area contributed by atoms with Gasteiger partial charge in [-0.3, -0.25) is 9.78 Å². The first-order valence-electron chi connectivity index (χ1n) is 5.39. The number of fused-ring (bicyclic) bond motifs is 2. The van der Waals surface area contributed by atoms with Gasteiger partial charge >= 0.3 is 0 Å². The molecule has 0 fully saturated rings. The number of hydrogen-bond donors (Lipinski definition) is 0. The van der Waals surface area contributed by atoms with Crippen LogP contribution in [-0.2, 0) is 19.3 Å². The second-order valence-electron chi connectivity index (χ2n) is 4.22. The Morgan fingerprint density at radius 1 is 1.00 bits per heavy atom. The minimum atomic E-state index is 0.299. The van der Waals surface area contributed by atoms with Gasteiger partial charge in [0.2, 0.25) is 0 Å². The zero-order chi connectivity index (χ0) is 9.54. The number of ketones is 1. The number of pyridine rings is 1. The largest absolute Gasteiger partial charge is 0.294 e. The molecule has 0 aliphatic heterocycles. The summed E-state index contributed by atoms with van der Waals surface area (Å²) in [4.78, 5) is 16.3. The smallest absolute Gasteiger partial charge is 0.164 e. The molecular weight excluding hydrogens is 174 g/mol. The Morgan fingerprint density at radius 2 is 1.79 bits per heavy atom. The van der Waals surface area contributed by atoms with Crippen LogP contribution in [0.25, 0.3) is 0 Å². The predicted octanol–water partition coefficient (Wildman–Crippen LogP) is 2.09. The van der Waals surface area contributed by atoms with Crippen LogP contribution in [0.4, 0.5) is 0 Å². The van der Waals surface area contributed by atoms with E-state index in [1.807, 2.05) is 0 Å². The summed E-state index contributed by atoms with van der Waals surface area (Å²) >= 11 is 0. The number of carbonyl (C=O) groups is 1. The van der Waals surface area contributed by atoms with Gasteiger partial charge in [0.25, 0.3) is 0 Å². The van der Waals surface area contributed by atoms with Crippen LogP contribution in [0.2, 0.25) is 0 Å². The summed E-state index contributed by atoms with van der Waals surface area (Å²) in [5, 5.41) is 0. The van der Waals surface area contributed by atoms with Gasteiger partial charge in [-0.1, -0.05) is 0 Å². The van der Waals surface area contributed by atoms with Crippen LogP contribution in [-0.4, -0.2) is 10.8 Å². The van der Waals surface area contributed by atoms with Crippen LogP contribution >= 0.6 is 0 Å². The zero-order valence-electron chi connectivity index (χ0n) is 8.18. The minimum Gasteiger partial charge on any atom is -0.294 e. The van der Waals surface area contributed by atoms with Gasteiger partial charge in [-0.2, -0.15) is 0 Å². The van der Waals surface area contributed by atoms with Gasteiger partial charge in [0.05, 0.1) is 5.69 Å². The molecule has 0 radical (unpaired) electrons. The molecule has 1 aromatic rings. The van der Waals surface area contributed by atoms with E-state index in [0.717, 1.165) is 36.9 Å². The number of rotatable bonds is 0. The van der Waals surface area contributed by atoms with Gasteiger partial charge < -0.3 is 0 Å². The molecule has 1 heterocycles. The maximum atomic E-state index is 11.6. The van der Waals surface area contributed by atoms with Gasteiger partial charge in [-0.05, 0) is 43.7 Å². The number of nitrogens with zero attached hydrogens (tertiary/aromatic N) is 1. The molecule has 0 unspecified atom stereocenters. The average Bonchev–Trinajstić information content (AvgIpc) is 2.62. The fourth-order valence-electron chi connectivity index (χ4n) is 2.50. The normalized spacial score (nSPS) is 19.3. The molecule has 1 aromatic heterocycles. The quantitative estimate of drug-likeness (QED) is 0.622. The number of aryl methyl sites for hydroxylation is 3. The van der Waals surface area contributed by atoms with E-state index in [1.165, 1.54) is 17.7 Å². The lowest BCUT2D eigenvalue weighted by atomic mass is 9.93. The van der Waals surface area contributed by atoms with Crippen molar-refractivity contribution in [2.24, 2.45) is 0 Å². The van der Waals surface area contributed by atoms with Crippen molar-refractivity contribution in [3.05, 3.63) is 28.6 Å². The minimum absolute atomic E-state index is 0.299. The van der Waals surface area contributed by atoms with E-state index < -0.39 is 0 Å². The molecule has 3 rings (SSSR count). The third kappa shape index (κ3) is 1.10. The van der Waals surface area contributed by atoms with Crippen molar-refractivity contribution in [1.29, 1.82) is 0 Å². The lowest BCUT2D eigenvalue weighted by Crippen LogP contribution is -2.14. The SMILES string of the molecule is O=C1CCCc2nc3c(cc21)CCC3. The molecule has 72 valence electrons. The average molecular weight is 187 g/mol. The van der Waals surface area contributed by atoms with Crippen molar-refractivity contribution >= 4 is 5.78 Å². The summed E-state index contributed by atoms with van der Waals surface area (Å²) < 4.78 is 0.